The van der Waals surface area contributed by atoms with Gasteiger partial charge in [0.2, 0.25) is 0 Å². The first-order valence-corrected chi connectivity index (χ1v) is 0. The molecular formula is S5Tl2V2-10. The Kier molecular flexibility index (Phi) is 855. The molecule has 0 saturated heterocycles. The summed E-state index contributed by atoms with van der Waals surface area (Å²) < 4.78 is 0. The largest absolute Gasteiger partial charge is 2.00 e. The van der Waals surface area contributed by atoms with Crippen LogP contribution >= 0.6 is 0 Å². The Morgan fingerprint density at radius 3 is 0.333 bits per heavy atom. The van der Waals surface area contributed by atoms with E-state index in [1.54, 1.807) is 0 Å². The third kappa shape index (κ3) is 65.2. The van der Waals surface area contributed by atoms with Crippen molar-refractivity contribution < 1.29 is 37.1 Å². The summed E-state index contributed by atoms with van der Waals surface area (Å²) in [6.07, 6.45) is 0. The van der Waals surface area contributed by atoms with Gasteiger partial charge in [0, 0.05) is 91.7 Å². The molecule has 0 bridgehead atoms. The normalized spacial score (nSPS) is 0. The van der Waals surface area contributed by atoms with Gasteiger partial charge < -0.3 is 67.5 Å². The third-order valence-corrected chi connectivity index (χ3v) is 0. The van der Waals surface area contributed by atoms with E-state index in [2.05, 4.69) is 0 Å². The SMILES string of the molecule is [S-2].[S-2].[S-2].[S-2].[S-2].[Tl].[Tl].[V].[V]. The standard InChI is InChI=1S/5S.2Tl.2V/q5*-2;;;;. The average Bonchev–Trinajstić information content (AvgIpc) is 0. The first-order valence-electron chi connectivity index (χ1n) is 0. The van der Waals surface area contributed by atoms with E-state index < -0.39 is 0 Å². The molecule has 0 saturated carbocycles. The van der Waals surface area contributed by atoms with Crippen LogP contribution in [-0.2, 0) is 105 Å². The molecule has 0 aliphatic carbocycles. The molecule has 56 valence electrons. The van der Waals surface area contributed by atoms with Crippen LogP contribution in [0, 0.1) is 0 Å². The predicted octanol–water partition coefficient (Wildman–Crippen LogP) is -0.779. The number of rotatable bonds is 0. The van der Waals surface area contributed by atoms with Gasteiger partial charge in [-0.05, 0) is 0 Å². The van der Waals surface area contributed by atoms with Crippen LogP contribution in [0.1, 0.15) is 0 Å². The molecule has 9 heavy (non-hydrogen) atoms. The zero-order chi connectivity index (χ0) is 0. The zero-order valence-electron chi connectivity index (χ0n) is 4.09. The summed E-state index contributed by atoms with van der Waals surface area (Å²) >= 11 is 0. The van der Waals surface area contributed by atoms with E-state index in [0.717, 1.165) is 0 Å². The second kappa shape index (κ2) is 77.8. The Labute approximate surface area is 156 Å². The molecule has 0 unspecified atom stereocenters. The molecule has 0 rings (SSSR count). The summed E-state index contributed by atoms with van der Waals surface area (Å²) in [6, 6.07) is 0. The van der Waals surface area contributed by atoms with E-state index >= 15 is 0 Å². The van der Waals surface area contributed by atoms with E-state index in [4.69, 9.17) is 0 Å². The Morgan fingerprint density at radius 2 is 0.333 bits per heavy atom. The second-order valence-electron chi connectivity index (χ2n) is 0. The molecule has 0 aliphatic heterocycles. The van der Waals surface area contributed by atoms with Gasteiger partial charge in [-0.1, -0.05) is 0 Å². The van der Waals surface area contributed by atoms with Crippen molar-refractivity contribution in [1.29, 1.82) is 0 Å². The monoisotopic (exact) mass is 672 g/mol. The van der Waals surface area contributed by atoms with Gasteiger partial charge in [0.1, 0.15) is 0 Å². The van der Waals surface area contributed by atoms with Crippen LogP contribution in [-0.4, -0.2) is 54.6 Å². The van der Waals surface area contributed by atoms with Crippen molar-refractivity contribution >= 4 is 122 Å². The summed E-state index contributed by atoms with van der Waals surface area (Å²) in [4.78, 5) is 0. The van der Waals surface area contributed by atoms with Gasteiger partial charge in [0.25, 0.3) is 0 Å². The van der Waals surface area contributed by atoms with E-state index in [1.807, 2.05) is 0 Å². The van der Waals surface area contributed by atoms with E-state index in [9.17, 15) is 0 Å². The Balaban J connectivity index is 0. The second-order valence-corrected chi connectivity index (χ2v) is 0. The molecule has 0 aliphatic rings. The van der Waals surface area contributed by atoms with Crippen molar-refractivity contribution in [2.75, 3.05) is 0 Å². The minimum Gasteiger partial charge on any atom is -2.00 e. The third-order valence-electron chi connectivity index (χ3n) is 0. The Morgan fingerprint density at radius 1 is 0.333 bits per heavy atom. The fraction of sp³-hybridized carbons (Fsp3) is 0. The van der Waals surface area contributed by atoms with Crippen molar-refractivity contribution in [3.8, 4) is 0 Å². The molecule has 0 atom stereocenters. The zero-order valence-corrected chi connectivity index (χ0v) is 19.9. The summed E-state index contributed by atoms with van der Waals surface area (Å²) in [5, 5.41) is 0. The molecule has 4 radical (unpaired) electrons. The first-order chi connectivity index (χ1) is 0. The van der Waals surface area contributed by atoms with Crippen LogP contribution in [0.5, 0.6) is 0 Å². The van der Waals surface area contributed by atoms with Crippen LogP contribution in [0.15, 0.2) is 0 Å². The van der Waals surface area contributed by atoms with Crippen LogP contribution in [0.25, 0.3) is 0 Å². The van der Waals surface area contributed by atoms with E-state index in [0.29, 0.717) is 0 Å². The Bertz CT molecular complexity index is 12.9. The maximum Gasteiger partial charge on any atom is 0 e. The molecule has 0 heterocycles. The van der Waals surface area contributed by atoms with Crippen LogP contribution in [0.3, 0.4) is 0 Å². The van der Waals surface area contributed by atoms with Crippen molar-refractivity contribution in [1.82, 2.24) is 0 Å². The van der Waals surface area contributed by atoms with Gasteiger partial charge >= 0.3 is 0 Å². The van der Waals surface area contributed by atoms with Crippen LogP contribution in [0.2, 0.25) is 0 Å². The first kappa shape index (κ1) is 98.8. The molecule has 9 heteroatoms. The van der Waals surface area contributed by atoms with Gasteiger partial charge in [0.15, 0.2) is 0 Å². The molecule has 0 spiro atoms. The van der Waals surface area contributed by atoms with Gasteiger partial charge in [-0.2, -0.15) is 0 Å². The van der Waals surface area contributed by atoms with Crippen LogP contribution < -0.4 is 0 Å². The minimum absolute atomic E-state index is 0. The molecule has 0 amide bonds. The van der Waals surface area contributed by atoms with Crippen molar-refractivity contribution in [2.45, 2.75) is 0 Å². The number of hydrogen-bond acceptors (Lipinski definition) is 0. The fourth-order valence-electron chi connectivity index (χ4n) is 0. The summed E-state index contributed by atoms with van der Waals surface area (Å²) in [5.41, 5.74) is 0. The topological polar surface area (TPSA) is 0 Å². The van der Waals surface area contributed by atoms with Gasteiger partial charge in [0.05, 0.1) is 0 Å². The maximum atomic E-state index is 0. The van der Waals surface area contributed by atoms with Crippen LogP contribution in [0.4, 0.5) is 0 Å². The summed E-state index contributed by atoms with van der Waals surface area (Å²) in [5.74, 6) is 0. The molecule has 0 aromatic carbocycles. The maximum absolute atomic E-state index is 0. The summed E-state index contributed by atoms with van der Waals surface area (Å²) in [7, 11) is 0. The molecular weight excluding hydrogens is 671 g/mol. The summed E-state index contributed by atoms with van der Waals surface area (Å²) in [6.45, 7) is 0. The molecule has 0 aromatic rings. The predicted molar refractivity (Wildman–Crippen MR) is 48.3 cm³/mol. The minimum atomic E-state index is 0. The fourth-order valence-corrected chi connectivity index (χ4v) is 0. The Hall–Kier alpha value is 4.76. The average molecular weight is 671 g/mol. The van der Waals surface area contributed by atoms with Gasteiger partial charge in [-0.15, -0.1) is 0 Å². The quantitative estimate of drug-likeness (QED) is 0.297. The molecule has 0 aromatic heterocycles. The molecule has 0 nitrogen and oxygen atoms in total. The smallest absolute Gasteiger partial charge is 0 e. The molecule has 0 N–H and O–H groups in total. The van der Waals surface area contributed by atoms with Gasteiger partial charge in [-0.25, -0.2) is 0 Å². The van der Waals surface area contributed by atoms with Gasteiger partial charge in [-0.3, -0.25) is 0 Å². The molecule has 0 fully saturated rings. The van der Waals surface area contributed by atoms with Crippen molar-refractivity contribution in [3.05, 3.63) is 0 Å². The van der Waals surface area contributed by atoms with Crippen molar-refractivity contribution in [3.63, 3.8) is 0 Å². The van der Waals surface area contributed by atoms with E-state index in [-0.39, 0.29) is 159 Å². The number of hydrogen-bond donors (Lipinski definition) is 0. The van der Waals surface area contributed by atoms with E-state index in [1.165, 1.54) is 0 Å². The van der Waals surface area contributed by atoms with Crippen molar-refractivity contribution in [2.24, 2.45) is 0 Å².